The lowest BCUT2D eigenvalue weighted by atomic mass is 10.1. The highest BCUT2D eigenvalue weighted by Gasteiger charge is 2.13. The molecule has 0 unspecified atom stereocenters. The lowest BCUT2D eigenvalue weighted by molar-refractivity contribution is -0.121. The Hall–Kier alpha value is -2.64. The van der Waals surface area contributed by atoms with E-state index in [0.29, 0.717) is 24.6 Å². The summed E-state index contributed by atoms with van der Waals surface area (Å²) in [5.41, 5.74) is 0.471. The molecule has 0 fully saturated rings. The summed E-state index contributed by atoms with van der Waals surface area (Å²) in [5.74, 6) is -0.452. The van der Waals surface area contributed by atoms with Gasteiger partial charge in [0.25, 0.3) is 5.91 Å². The molecule has 0 aromatic heterocycles. The average molecular weight is 365 g/mol. The minimum Gasteiger partial charge on any atom is -0.355 e. The van der Waals surface area contributed by atoms with Gasteiger partial charge in [-0.25, -0.2) is 4.39 Å². The fourth-order valence-corrected chi connectivity index (χ4v) is 2.04. The third-order valence-corrected chi connectivity index (χ3v) is 3.29. The molecule has 1 aromatic rings. The number of guanidine groups is 1. The maximum Gasteiger partial charge on any atom is 0.251 e. The summed E-state index contributed by atoms with van der Waals surface area (Å²) >= 11 is 0. The van der Waals surface area contributed by atoms with Crippen molar-refractivity contribution in [1.29, 1.82) is 0 Å². The normalized spacial score (nSPS) is 11.7. The summed E-state index contributed by atoms with van der Waals surface area (Å²) < 4.78 is 13.5. The van der Waals surface area contributed by atoms with E-state index < -0.39 is 5.82 Å². The molecule has 0 aliphatic heterocycles. The number of halogens is 1. The molecule has 0 radical (unpaired) electrons. The summed E-state index contributed by atoms with van der Waals surface area (Å²) in [7, 11) is 1.59. The second-order valence-corrected chi connectivity index (χ2v) is 6.87. The Morgan fingerprint density at radius 2 is 1.77 bits per heavy atom. The molecule has 144 valence electrons. The van der Waals surface area contributed by atoms with Crippen molar-refractivity contribution in [2.24, 2.45) is 4.99 Å². The lowest BCUT2D eigenvalue weighted by Gasteiger charge is -2.21. The monoisotopic (exact) mass is 365 g/mol. The minimum atomic E-state index is -0.408. The molecule has 0 spiro atoms. The van der Waals surface area contributed by atoms with E-state index >= 15 is 0 Å². The van der Waals surface area contributed by atoms with Gasteiger partial charge >= 0.3 is 0 Å². The Balaban J connectivity index is 2.33. The zero-order valence-corrected chi connectivity index (χ0v) is 16.0. The van der Waals surface area contributed by atoms with E-state index in [1.165, 1.54) is 6.07 Å². The number of amides is 2. The number of nitrogens with zero attached hydrogens (tertiary/aromatic N) is 1. The van der Waals surface area contributed by atoms with Gasteiger partial charge in [-0.05, 0) is 45.4 Å². The fraction of sp³-hybridized carbons (Fsp3) is 0.500. The summed E-state index contributed by atoms with van der Waals surface area (Å²) in [6.45, 7) is 8.17. The minimum absolute atomic E-state index is 0.0892. The largest absolute Gasteiger partial charge is 0.355 e. The summed E-state index contributed by atoms with van der Waals surface area (Å²) in [6.07, 6.45) is 0. The highest BCUT2D eigenvalue weighted by molar-refractivity contribution is 5.94. The van der Waals surface area contributed by atoms with Gasteiger partial charge < -0.3 is 21.3 Å². The number of carbonyl (C=O) groups is 2. The standard InChI is InChI=1S/C18H28FN5O2/c1-12-6-7-13(10-14(12)19)16(26)21-8-9-22-17(20-5)23-11-15(25)24-18(2,3)4/h6-7,10H,8-9,11H2,1-5H3,(H,21,26)(H,24,25)(H2,20,22,23). The molecule has 1 rings (SSSR count). The maximum atomic E-state index is 13.5. The van der Waals surface area contributed by atoms with Crippen molar-refractivity contribution in [1.82, 2.24) is 21.3 Å². The second-order valence-electron chi connectivity index (χ2n) is 6.87. The van der Waals surface area contributed by atoms with Gasteiger partial charge in [-0.1, -0.05) is 6.07 Å². The fourth-order valence-electron chi connectivity index (χ4n) is 2.04. The van der Waals surface area contributed by atoms with Crippen LogP contribution < -0.4 is 21.3 Å². The highest BCUT2D eigenvalue weighted by Crippen LogP contribution is 2.08. The summed E-state index contributed by atoms with van der Waals surface area (Å²) in [4.78, 5) is 27.7. The number of hydrogen-bond donors (Lipinski definition) is 4. The van der Waals surface area contributed by atoms with Crippen LogP contribution in [0.25, 0.3) is 0 Å². The van der Waals surface area contributed by atoms with Crippen LogP contribution in [-0.4, -0.2) is 50.0 Å². The Bertz CT molecular complexity index is 668. The zero-order valence-electron chi connectivity index (χ0n) is 16.0. The summed E-state index contributed by atoms with van der Waals surface area (Å²) in [5, 5.41) is 11.4. The first-order valence-corrected chi connectivity index (χ1v) is 8.42. The number of hydrogen-bond acceptors (Lipinski definition) is 3. The van der Waals surface area contributed by atoms with Gasteiger partial charge in [0.2, 0.25) is 5.91 Å². The number of benzene rings is 1. The van der Waals surface area contributed by atoms with E-state index in [1.807, 2.05) is 20.8 Å². The van der Waals surface area contributed by atoms with Crippen molar-refractivity contribution < 1.29 is 14.0 Å². The molecule has 0 saturated carbocycles. The van der Waals surface area contributed by atoms with Crippen molar-refractivity contribution >= 4 is 17.8 Å². The average Bonchev–Trinajstić information content (AvgIpc) is 2.54. The molecule has 26 heavy (non-hydrogen) atoms. The van der Waals surface area contributed by atoms with Crippen molar-refractivity contribution in [3.05, 3.63) is 35.1 Å². The third kappa shape index (κ3) is 7.96. The first kappa shape index (κ1) is 21.4. The molecular weight excluding hydrogens is 337 g/mol. The molecule has 0 heterocycles. The molecule has 0 aliphatic carbocycles. The Kier molecular flexibility index (Phi) is 8.02. The SMILES string of the molecule is CN=C(NCCNC(=O)c1ccc(C)c(F)c1)NCC(=O)NC(C)(C)C. The van der Waals surface area contributed by atoms with Crippen LogP contribution in [0, 0.1) is 12.7 Å². The van der Waals surface area contributed by atoms with Crippen molar-refractivity contribution in [3.8, 4) is 0 Å². The smallest absolute Gasteiger partial charge is 0.251 e. The number of carbonyl (C=O) groups excluding carboxylic acids is 2. The third-order valence-electron chi connectivity index (χ3n) is 3.29. The maximum absolute atomic E-state index is 13.5. The molecular formula is C18H28FN5O2. The first-order chi connectivity index (χ1) is 12.1. The molecule has 0 bridgehead atoms. The predicted molar refractivity (Wildman–Crippen MR) is 101 cm³/mol. The van der Waals surface area contributed by atoms with Crippen LogP contribution in [0.5, 0.6) is 0 Å². The second kappa shape index (κ2) is 9.74. The zero-order chi connectivity index (χ0) is 19.7. The van der Waals surface area contributed by atoms with Gasteiger partial charge in [0.05, 0.1) is 6.54 Å². The summed E-state index contributed by atoms with van der Waals surface area (Å²) in [6, 6.07) is 4.36. The Morgan fingerprint density at radius 1 is 1.12 bits per heavy atom. The van der Waals surface area contributed by atoms with Gasteiger partial charge in [-0.2, -0.15) is 0 Å². The van der Waals surface area contributed by atoms with Crippen molar-refractivity contribution in [2.45, 2.75) is 33.2 Å². The van der Waals surface area contributed by atoms with Crippen LogP contribution in [-0.2, 0) is 4.79 Å². The molecule has 1 aromatic carbocycles. The first-order valence-electron chi connectivity index (χ1n) is 8.42. The molecule has 4 N–H and O–H groups in total. The van der Waals surface area contributed by atoms with Gasteiger partial charge in [-0.15, -0.1) is 0 Å². The Morgan fingerprint density at radius 3 is 2.35 bits per heavy atom. The van der Waals surface area contributed by atoms with Gasteiger partial charge in [0, 0.05) is 31.2 Å². The predicted octanol–water partition coefficient (Wildman–Crippen LogP) is 0.944. The topological polar surface area (TPSA) is 94.6 Å². The van der Waals surface area contributed by atoms with Crippen LogP contribution in [0.3, 0.4) is 0 Å². The Labute approximate surface area is 153 Å². The molecule has 8 heteroatoms. The quantitative estimate of drug-likeness (QED) is 0.343. The van der Waals surface area contributed by atoms with E-state index in [-0.39, 0.29) is 29.5 Å². The van der Waals surface area contributed by atoms with E-state index in [0.717, 1.165) is 0 Å². The molecule has 0 aliphatic rings. The van der Waals surface area contributed by atoms with Crippen LogP contribution in [0.2, 0.25) is 0 Å². The molecule has 0 atom stereocenters. The van der Waals surface area contributed by atoms with Gasteiger partial charge in [-0.3, -0.25) is 14.6 Å². The number of aryl methyl sites for hydroxylation is 1. The van der Waals surface area contributed by atoms with E-state index in [1.54, 1.807) is 26.1 Å². The van der Waals surface area contributed by atoms with Crippen molar-refractivity contribution in [3.63, 3.8) is 0 Å². The number of rotatable bonds is 6. The van der Waals surface area contributed by atoms with E-state index in [4.69, 9.17) is 0 Å². The van der Waals surface area contributed by atoms with Crippen LogP contribution in [0.1, 0.15) is 36.7 Å². The highest BCUT2D eigenvalue weighted by atomic mass is 19.1. The van der Waals surface area contributed by atoms with Gasteiger partial charge in [0.15, 0.2) is 5.96 Å². The van der Waals surface area contributed by atoms with Crippen molar-refractivity contribution in [2.75, 3.05) is 26.7 Å². The van der Waals surface area contributed by atoms with E-state index in [2.05, 4.69) is 26.3 Å². The molecule has 0 saturated heterocycles. The molecule has 2 amide bonds. The lowest BCUT2D eigenvalue weighted by Crippen LogP contribution is -2.48. The van der Waals surface area contributed by atoms with Crippen LogP contribution >= 0.6 is 0 Å². The van der Waals surface area contributed by atoms with Crippen LogP contribution in [0.15, 0.2) is 23.2 Å². The number of aliphatic imine (C=N–C) groups is 1. The molecule has 7 nitrogen and oxygen atoms in total. The van der Waals surface area contributed by atoms with E-state index in [9.17, 15) is 14.0 Å². The van der Waals surface area contributed by atoms with Crippen LogP contribution in [0.4, 0.5) is 4.39 Å². The number of nitrogens with one attached hydrogen (secondary N) is 4. The van der Waals surface area contributed by atoms with Gasteiger partial charge in [0.1, 0.15) is 5.82 Å².